The summed E-state index contributed by atoms with van der Waals surface area (Å²) in [5, 5.41) is 11.4. The summed E-state index contributed by atoms with van der Waals surface area (Å²) in [5.74, 6) is 0.232. The molecule has 0 rings (SSSR count). The Kier molecular flexibility index (Phi) is 7.14. The van der Waals surface area contributed by atoms with E-state index in [1.807, 2.05) is 6.92 Å². The van der Waals surface area contributed by atoms with Crippen LogP contribution < -0.4 is 5.73 Å². The van der Waals surface area contributed by atoms with Crippen LogP contribution in [0.4, 0.5) is 0 Å². The molecule has 0 aliphatic rings. The van der Waals surface area contributed by atoms with E-state index in [0.29, 0.717) is 19.2 Å². The number of rotatable bonds is 7. The molecule has 5 nitrogen and oxygen atoms in total. The van der Waals surface area contributed by atoms with E-state index in [0.717, 1.165) is 13.2 Å². The molecule has 3 N–H and O–H groups in total. The normalized spacial score (nSPS) is 12.8. The summed E-state index contributed by atoms with van der Waals surface area (Å²) in [7, 11) is 0. The molecule has 0 heterocycles. The number of amidine groups is 1. The fraction of sp³-hybridized carbons (Fsp3) is 0.889. The first-order chi connectivity index (χ1) is 6.61. The van der Waals surface area contributed by atoms with Crippen LogP contribution >= 0.6 is 0 Å². The predicted octanol–water partition coefficient (Wildman–Crippen LogP) is 0.480. The quantitative estimate of drug-likeness (QED) is 0.207. The lowest BCUT2D eigenvalue weighted by atomic mass is 10.3. The monoisotopic (exact) mass is 203 g/mol. The van der Waals surface area contributed by atoms with E-state index in [1.54, 1.807) is 0 Å². The maximum absolute atomic E-state index is 8.44. The molecular weight excluding hydrogens is 182 g/mol. The van der Waals surface area contributed by atoms with Crippen molar-refractivity contribution in [3.63, 3.8) is 0 Å². The van der Waals surface area contributed by atoms with Gasteiger partial charge in [-0.2, -0.15) is 0 Å². The van der Waals surface area contributed by atoms with Crippen LogP contribution in [0.2, 0.25) is 0 Å². The van der Waals surface area contributed by atoms with Crippen LogP contribution in [-0.4, -0.2) is 48.3 Å². The lowest BCUT2D eigenvalue weighted by Gasteiger charge is -2.25. The Labute approximate surface area is 85.5 Å². The van der Waals surface area contributed by atoms with Gasteiger partial charge in [0.15, 0.2) is 5.84 Å². The SMILES string of the molecule is CCOCCN(CC(N)=NO)C(C)C. The standard InChI is InChI=1S/C9H21N3O2/c1-4-14-6-5-12(8(2)3)7-9(10)11-13/h8,13H,4-7H2,1-3H3,(H2,10,11). The predicted molar refractivity (Wildman–Crippen MR) is 56.6 cm³/mol. The average Bonchev–Trinajstić information content (AvgIpc) is 2.16. The van der Waals surface area contributed by atoms with Gasteiger partial charge in [0.1, 0.15) is 0 Å². The molecule has 0 aromatic rings. The minimum Gasteiger partial charge on any atom is -0.409 e. The minimum absolute atomic E-state index is 0.232. The van der Waals surface area contributed by atoms with Crippen molar-refractivity contribution >= 4 is 5.84 Å². The molecule has 0 amide bonds. The van der Waals surface area contributed by atoms with Crippen LogP contribution in [0, 0.1) is 0 Å². The Balaban J connectivity index is 3.90. The van der Waals surface area contributed by atoms with E-state index < -0.39 is 0 Å². The van der Waals surface area contributed by atoms with Gasteiger partial charge in [0.25, 0.3) is 0 Å². The maximum Gasteiger partial charge on any atom is 0.153 e. The largest absolute Gasteiger partial charge is 0.409 e. The first-order valence-corrected chi connectivity index (χ1v) is 4.90. The minimum atomic E-state index is 0.232. The van der Waals surface area contributed by atoms with E-state index in [1.165, 1.54) is 0 Å². The van der Waals surface area contributed by atoms with Crippen LogP contribution in [0.15, 0.2) is 5.16 Å². The van der Waals surface area contributed by atoms with E-state index in [2.05, 4.69) is 23.9 Å². The van der Waals surface area contributed by atoms with E-state index >= 15 is 0 Å². The Hall–Kier alpha value is -0.810. The van der Waals surface area contributed by atoms with Gasteiger partial charge in [0.2, 0.25) is 0 Å². The van der Waals surface area contributed by atoms with Gasteiger partial charge in [-0.15, -0.1) is 0 Å². The summed E-state index contributed by atoms with van der Waals surface area (Å²) < 4.78 is 5.24. The third kappa shape index (κ3) is 5.77. The zero-order valence-corrected chi connectivity index (χ0v) is 9.23. The molecule has 0 aromatic carbocycles. The van der Waals surface area contributed by atoms with Crippen molar-refractivity contribution in [3.8, 4) is 0 Å². The molecule has 0 spiro atoms. The molecule has 5 heteroatoms. The topological polar surface area (TPSA) is 71.1 Å². The van der Waals surface area contributed by atoms with E-state index in [4.69, 9.17) is 15.7 Å². The zero-order chi connectivity index (χ0) is 11.0. The number of hydrogen-bond acceptors (Lipinski definition) is 4. The molecule has 0 saturated heterocycles. The first kappa shape index (κ1) is 13.2. The summed E-state index contributed by atoms with van der Waals surface area (Å²) in [6.07, 6.45) is 0. The van der Waals surface area contributed by atoms with Gasteiger partial charge in [-0.1, -0.05) is 5.16 Å². The highest BCUT2D eigenvalue weighted by Crippen LogP contribution is 1.97. The fourth-order valence-corrected chi connectivity index (χ4v) is 1.09. The molecule has 14 heavy (non-hydrogen) atoms. The van der Waals surface area contributed by atoms with Crippen molar-refractivity contribution in [2.45, 2.75) is 26.8 Å². The molecule has 0 bridgehead atoms. The fourth-order valence-electron chi connectivity index (χ4n) is 1.09. The second kappa shape index (κ2) is 7.58. The molecule has 0 aromatic heterocycles. The van der Waals surface area contributed by atoms with Crippen molar-refractivity contribution in [1.82, 2.24) is 4.90 Å². The first-order valence-electron chi connectivity index (χ1n) is 4.90. The molecule has 0 saturated carbocycles. The maximum atomic E-state index is 8.44. The van der Waals surface area contributed by atoms with Crippen molar-refractivity contribution in [3.05, 3.63) is 0 Å². The summed E-state index contributed by atoms with van der Waals surface area (Å²) in [5.41, 5.74) is 5.43. The number of nitrogens with zero attached hydrogens (tertiary/aromatic N) is 2. The van der Waals surface area contributed by atoms with Gasteiger partial charge in [-0.3, -0.25) is 4.90 Å². The number of hydrogen-bond donors (Lipinski definition) is 2. The molecular formula is C9H21N3O2. The number of ether oxygens (including phenoxy) is 1. The van der Waals surface area contributed by atoms with E-state index in [-0.39, 0.29) is 5.84 Å². The molecule has 0 radical (unpaired) electrons. The van der Waals surface area contributed by atoms with Crippen molar-refractivity contribution in [2.75, 3.05) is 26.3 Å². The Morgan fingerprint density at radius 2 is 2.21 bits per heavy atom. The smallest absolute Gasteiger partial charge is 0.153 e. The van der Waals surface area contributed by atoms with Gasteiger partial charge in [-0.25, -0.2) is 0 Å². The Bertz CT molecular complexity index is 171. The van der Waals surface area contributed by atoms with E-state index in [9.17, 15) is 0 Å². The highest BCUT2D eigenvalue weighted by atomic mass is 16.5. The molecule has 0 fully saturated rings. The molecule has 0 atom stereocenters. The second-order valence-corrected chi connectivity index (χ2v) is 3.35. The molecule has 0 aliphatic carbocycles. The lowest BCUT2D eigenvalue weighted by molar-refractivity contribution is 0.108. The third-order valence-electron chi connectivity index (χ3n) is 1.95. The summed E-state index contributed by atoms with van der Waals surface area (Å²) in [6, 6.07) is 0.357. The molecule has 0 unspecified atom stereocenters. The Morgan fingerprint density at radius 3 is 2.64 bits per heavy atom. The lowest BCUT2D eigenvalue weighted by Crippen LogP contribution is -2.40. The van der Waals surface area contributed by atoms with Crippen LogP contribution in [0.1, 0.15) is 20.8 Å². The highest BCUT2D eigenvalue weighted by molar-refractivity contribution is 5.81. The summed E-state index contributed by atoms with van der Waals surface area (Å²) in [6.45, 7) is 8.75. The number of nitrogens with two attached hydrogens (primary N) is 1. The van der Waals surface area contributed by atoms with Crippen LogP contribution in [0.25, 0.3) is 0 Å². The molecule has 0 aliphatic heterocycles. The number of oxime groups is 1. The molecule has 84 valence electrons. The third-order valence-corrected chi connectivity index (χ3v) is 1.95. The second-order valence-electron chi connectivity index (χ2n) is 3.35. The summed E-state index contributed by atoms with van der Waals surface area (Å²) in [4.78, 5) is 2.09. The van der Waals surface area contributed by atoms with Crippen LogP contribution in [0.3, 0.4) is 0 Å². The van der Waals surface area contributed by atoms with Gasteiger partial charge in [0, 0.05) is 19.2 Å². The van der Waals surface area contributed by atoms with Gasteiger partial charge < -0.3 is 15.7 Å². The van der Waals surface area contributed by atoms with Crippen molar-refractivity contribution in [1.29, 1.82) is 0 Å². The summed E-state index contributed by atoms with van der Waals surface area (Å²) >= 11 is 0. The van der Waals surface area contributed by atoms with Gasteiger partial charge in [-0.05, 0) is 20.8 Å². The zero-order valence-electron chi connectivity index (χ0n) is 9.23. The van der Waals surface area contributed by atoms with Crippen molar-refractivity contribution in [2.24, 2.45) is 10.9 Å². The van der Waals surface area contributed by atoms with Crippen LogP contribution in [-0.2, 0) is 4.74 Å². The average molecular weight is 203 g/mol. The Morgan fingerprint density at radius 1 is 1.57 bits per heavy atom. The highest BCUT2D eigenvalue weighted by Gasteiger charge is 2.10. The van der Waals surface area contributed by atoms with Gasteiger partial charge >= 0.3 is 0 Å². The van der Waals surface area contributed by atoms with Gasteiger partial charge in [0.05, 0.1) is 13.2 Å². The van der Waals surface area contributed by atoms with Crippen molar-refractivity contribution < 1.29 is 9.94 Å². The van der Waals surface area contributed by atoms with Crippen LogP contribution in [0.5, 0.6) is 0 Å².